The Balaban J connectivity index is 1.29. The molecule has 0 bridgehead atoms. The van der Waals surface area contributed by atoms with Crippen molar-refractivity contribution in [1.82, 2.24) is 14.5 Å². The molecule has 0 amide bonds. The summed E-state index contributed by atoms with van der Waals surface area (Å²) >= 11 is 6.12. The molecule has 32 heavy (non-hydrogen) atoms. The highest BCUT2D eigenvalue weighted by atomic mass is 35.5. The first kappa shape index (κ1) is 20.9. The van der Waals surface area contributed by atoms with Gasteiger partial charge in [-0.1, -0.05) is 60.1 Å². The van der Waals surface area contributed by atoms with Gasteiger partial charge in [-0.05, 0) is 41.1 Å². The van der Waals surface area contributed by atoms with Gasteiger partial charge in [-0.3, -0.25) is 0 Å². The fraction of sp³-hybridized carbons (Fsp3) is 0.167. The first-order chi connectivity index (χ1) is 15.5. The molecule has 4 aromatic rings. The van der Waals surface area contributed by atoms with Crippen LogP contribution in [0.5, 0.6) is 0 Å². The predicted octanol–water partition coefficient (Wildman–Crippen LogP) is 4.46. The summed E-state index contributed by atoms with van der Waals surface area (Å²) in [5.41, 5.74) is 1.82. The molecular formula is C24H21ClN4O2S. The van der Waals surface area contributed by atoms with E-state index >= 15 is 0 Å². The molecule has 0 radical (unpaired) electrons. The monoisotopic (exact) mass is 464 g/mol. The molecule has 0 N–H and O–H groups in total. The molecule has 1 aliphatic heterocycles. The van der Waals surface area contributed by atoms with Gasteiger partial charge < -0.3 is 4.90 Å². The highest BCUT2D eigenvalue weighted by Crippen LogP contribution is 2.27. The van der Waals surface area contributed by atoms with Crippen LogP contribution in [0, 0.1) is 0 Å². The second-order valence-corrected chi connectivity index (χ2v) is 9.97. The van der Waals surface area contributed by atoms with Crippen LogP contribution < -0.4 is 4.90 Å². The van der Waals surface area contributed by atoms with Crippen LogP contribution >= 0.6 is 11.6 Å². The van der Waals surface area contributed by atoms with Crippen molar-refractivity contribution in [3.05, 3.63) is 83.9 Å². The highest BCUT2D eigenvalue weighted by Gasteiger charge is 2.30. The van der Waals surface area contributed by atoms with E-state index in [1.165, 1.54) is 9.69 Å². The molecule has 1 fully saturated rings. The van der Waals surface area contributed by atoms with Gasteiger partial charge >= 0.3 is 0 Å². The molecule has 2 heterocycles. The Morgan fingerprint density at radius 2 is 1.47 bits per heavy atom. The zero-order valence-corrected chi connectivity index (χ0v) is 18.8. The quantitative estimate of drug-likeness (QED) is 0.446. The van der Waals surface area contributed by atoms with Crippen LogP contribution in [0.3, 0.4) is 0 Å². The smallest absolute Gasteiger partial charge is 0.244 e. The molecule has 1 aromatic heterocycles. The maximum absolute atomic E-state index is 12.9. The van der Waals surface area contributed by atoms with Crippen molar-refractivity contribution >= 4 is 38.2 Å². The number of benzene rings is 3. The Bertz CT molecular complexity index is 1370. The number of halogens is 1. The van der Waals surface area contributed by atoms with E-state index in [1.807, 2.05) is 30.3 Å². The van der Waals surface area contributed by atoms with Gasteiger partial charge in [-0.15, -0.1) is 10.2 Å². The Kier molecular flexibility index (Phi) is 5.55. The van der Waals surface area contributed by atoms with E-state index in [2.05, 4.69) is 39.4 Å². The van der Waals surface area contributed by atoms with Crippen molar-refractivity contribution in [2.24, 2.45) is 0 Å². The minimum atomic E-state index is -3.62. The topological polar surface area (TPSA) is 66.4 Å². The molecule has 1 saturated heterocycles. The van der Waals surface area contributed by atoms with Gasteiger partial charge in [0.05, 0.1) is 10.7 Å². The van der Waals surface area contributed by atoms with Crippen LogP contribution in [0.4, 0.5) is 5.82 Å². The van der Waals surface area contributed by atoms with Gasteiger partial charge in [0.2, 0.25) is 10.0 Å². The number of piperazine rings is 1. The number of anilines is 1. The van der Waals surface area contributed by atoms with Gasteiger partial charge in [-0.25, -0.2) is 8.42 Å². The number of aromatic nitrogens is 2. The lowest BCUT2D eigenvalue weighted by atomic mass is 10.1. The second-order valence-electron chi connectivity index (χ2n) is 7.66. The zero-order chi connectivity index (χ0) is 22.1. The summed E-state index contributed by atoms with van der Waals surface area (Å²) in [6.07, 6.45) is 0. The molecule has 5 rings (SSSR count). The number of fused-ring (bicyclic) bond motifs is 1. The molecule has 6 nitrogen and oxygen atoms in total. The average Bonchev–Trinajstić information content (AvgIpc) is 2.84. The minimum absolute atomic E-state index is 0.148. The summed E-state index contributed by atoms with van der Waals surface area (Å²) in [6.45, 7) is 1.80. The minimum Gasteiger partial charge on any atom is -0.352 e. The lowest BCUT2D eigenvalue weighted by molar-refractivity contribution is 0.383. The summed E-state index contributed by atoms with van der Waals surface area (Å²) < 4.78 is 27.4. The number of sulfonamides is 1. The normalized spacial score (nSPS) is 15.2. The Morgan fingerprint density at radius 3 is 2.19 bits per heavy atom. The average molecular weight is 465 g/mol. The van der Waals surface area contributed by atoms with Gasteiger partial charge in [0.1, 0.15) is 4.90 Å². The van der Waals surface area contributed by atoms with Crippen molar-refractivity contribution in [3.8, 4) is 11.3 Å². The predicted molar refractivity (Wildman–Crippen MR) is 127 cm³/mol. The maximum atomic E-state index is 12.9. The van der Waals surface area contributed by atoms with Crippen molar-refractivity contribution in [2.45, 2.75) is 4.90 Å². The van der Waals surface area contributed by atoms with Gasteiger partial charge in [0, 0.05) is 31.7 Å². The number of nitrogens with zero attached hydrogens (tertiary/aromatic N) is 4. The number of hydrogen-bond acceptors (Lipinski definition) is 5. The fourth-order valence-corrected chi connectivity index (χ4v) is 5.86. The summed E-state index contributed by atoms with van der Waals surface area (Å²) in [4.78, 5) is 2.20. The van der Waals surface area contributed by atoms with Crippen LogP contribution in [0.15, 0.2) is 83.8 Å². The number of rotatable bonds is 4. The molecule has 8 heteroatoms. The standard InChI is InChI=1S/C24H21ClN4O2S/c25-21-7-3-4-8-23(21)32(30,31)29-15-13-28(14-16-29)24-12-11-22(26-27-24)20-10-9-18-5-1-2-6-19(18)17-20/h1-12,17H,13-16H2. The number of hydrogen-bond donors (Lipinski definition) is 0. The zero-order valence-electron chi connectivity index (χ0n) is 17.2. The third-order valence-corrected chi connectivity index (χ3v) is 8.11. The summed E-state index contributed by atoms with van der Waals surface area (Å²) in [6, 6.07) is 24.9. The van der Waals surface area contributed by atoms with Gasteiger partial charge in [0.15, 0.2) is 5.82 Å². The lowest BCUT2D eigenvalue weighted by Gasteiger charge is -2.34. The van der Waals surface area contributed by atoms with Crippen LogP contribution in [0.1, 0.15) is 0 Å². The Morgan fingerprint density at radius 1 is 0.750 bits per heavy atom. The summed E-state index contributed by atoms with van der Waals surface area (Å²) in [5, 5.41) is 11.4. The molecule has 3 aromatic carbocycles. The van der Waals surface area contributed by atoms with E-state index in [0.29, 0.717) is 26.2 Å². The largest absolute Gasteiger partial charge is 0.352 e. The molecular weight excluding hydrogens is 444 g/mol. The lowest BCUT2D eigenvalue weighted by Crippen LogP contribution is -2.49. The first-order valence-electron chi connectivity index (χ1n) is 10.3. The Hall–Kier alpha value is -3.00. The van der Waals surface area contributed by atoms with Gasteiger partial charge in [0.25, 0.3) is 0 Å². The van der Waals surface area contributed by atoms with Crippen molar-refractivity contribution in [2.75, 3.05) is 31.1 Å². The second kappa shape index (κ2) is 8.50. The summed E-state index contributed by atoms with van der Waals surface area (Å²) in [7, 11) is -3.62. The molecule has 0 atom stereocenters. The van der Waals surface area contributed by atoms with E-state index in [1.54, 1.807) is 24.3 Å². The molecule has 0 spiro atoms. The third kappa shape index (κ3) is 3.95. The van der Waals surface area contributed by atoms with E-state index in [4.69, 9.17) is 11.6 Å². The van der Waals surface area contributed by atoms with E-state index in [0.717, 1.165) is 22.5 Å². The van der Waals surface area contributed by atoms with Crippen molar-refractivity contribution in [1.29, 1.82) is 0 Å². The van der Waals surface area contributed by atoms with E-state index in [-0.39, 0.29) is 9.92 Å². The van der Waals surface area contributed by atoms with Crippen LogP contribution in [-0.4, -0.2) is 49.1 Å². The molecule has 1 aliphatic rings. The van der Waals surface area contributed by atoms with Crippen LogP contribution in [0.2, 0.25) is 5.02 Å². The summed E-state index contributed by atoms with van der Waals surface area (Å²) in [5.74, 6) is 0.740. The highest BCUT2D eigenvalue weighted by molar-refractivity contribution is 7.89. The fourth-order valence-electron chi connectivity index (χ4n) is 3.95. The molecule has 0 unspecified atom stereocenters. The molecule has 0 aliphatic carbocycles. The van der Waals surface area contributed by atoms with E-state index < -0.39 is 10.0 Å². The maximum Gasteiger partial charge on any atom is 0.244 e. The van der Waals surface area contributed by atoms with Crippen molar-refractivity contribution in [3.63, 3.8) is 0 Å². The molecule has 0 saturated carbocycles. The van der Waals surface area contributed by atoms with Crippen molar-refractivity contribution < 1.29 is 8.42 Å². The molecule has 162 valence electrons. The van der Waals surface area contributed by atoms with Gasteiger partial charge in [-0.2, -0.15) is 4.31 Å². The van der Waals surface area contributed by atoms with Crippen LogP contribution in [-0.2, 0) is 10.0 Å². The third-order valence-electron chi connectivity index (χ3n) is 5.71. The SMILES string of the molecule is O=S(=O)(c1ccccc1Cl)N1CCN(c2ccc(-c3ccc4ccccc4c3)nn2)CC1. The van der Waals surface area contributed by atoms with E-state index in [9.17, 15) is 8.42 Å². The first-order valence-corrected chi connectivity index (χ1v) is 12.2. The van der Waals surface area contributed by atoms with Crippen LogP contribution in [0.25, 0.3) is 22.0 Å². The Labute approximate surface area is 192 Å².